The van der Waals surface area contributed by atoms with Gasteiger partial charge in [0.15, 0.2) is 5.69 Å². The minimum atomic E-state index is -0.473. The molecule has 3 aromatic rings. The molecule has 2 heterocycles. The molecular formula is C20H20N4O4. The Balaban J connectivity index is 1.64. The van der Waals surface area contributed by atoms with Crippen LogP contribution in [0.1, 0.15) is 41.9 Å². The third-order valence-corrected chi connectivity index (χ3v) is 5.05. The van der Waals surface area contributed by atoms with E-state index in [-0.39, 0.29) is 23.3 Å². The summed E-state index contributed by atoms with van der Waals surface area (Å²) in [5, 5.41) is 18.5. The highest BCUT2D eigenvalue weighted by molar-refractivity contribution is 6.05. The van der Waals surface area contributed by atoms with Crippen molar-refractivity contribution in [3.05, 3.63) is 63.8 Å². The van der Waals surface area contributed by atoms with E-state index in [1.807, 2.05) is 31.2 Å². The summed E-state index contributed by atoms with van der Waals surface area (Å²) in [7, 11) is 0. The van der Waals surface area contributed by atoms with Gasteiger partial charge >= 0.3 is 0 Å². The maximum Gasteiger partial charge on any atom is 0.275 e. The van der Waals surface area contributed by atoms with Crippen molar-refractivity contribution in [1.82, 2.24) is 15.1 Å². The van der Waals surface area contributed by atoms with Crippen LogP contribution in [0.4, 0.5) is 5.69 Å². The lowest BCUT2D eigenvalue weighted by Gasteiger charge is -2.24. The monoisotopic (exact) mass is 380 g/mol. The molecule has 28 heavy (non-hydrogen) atoms. The number of nitrogens with zero attached hydrogens (tertiary/aromatic N) is 3. The first kappa shape index (κ1) is 18.0. The van der Waals surface area contributed by atoms with Crippen molar-refractivity contribution < 1.29 is 14.5 Å². The Morgan fingerprint density at radius 2 is 2.11 bits per heavy atom. The molecule has 1 aromatic heterocycles. The highest BCUT2D eigenvalue weighted by Crippen LogP contribution is 2.35. The van der Waals surface area contributed by atoms with Crippen LogP contribution in [0, 0.1) is 10.1 Å². The van der Waals surface area contributed by atoms with Crippen LogP contribution >= 0.6 is 0 Å². The third kappa shape index (κ3) is 3.17. The zero-order valence-electron chi connectivity index (χ0n) is 15.4. The number of amides is 1. The van der Waals surface area contributed by atoms with Crippen LogP contribution in [-0.2, 0) is 0 Å². The average molecular weight is 380 g/mol. The van der Waals surface area contributed by atoms with Gasteiger partial charge in [0.2, 0.25) is 0 Å². The second-order valence-electron chi connectivity index (χ2n) is 6.72. The predicted molar refractivity (Wildman–Crippen MR) is 103 cm³/mol. The molecule has 8 heteroatoms. The maximum absolute atomic E-state index is 13.2. The molecule has 1 saturated heterocycles. The minimum absolute atomic E-state index is 0.0476. The van der Waals surface area contributed by atoms with Gasteiger partial charge in [-0.3, -0.25) is 20.0 Å². The number of fused-ring (bicyclic) bond motifs is 1. The Morgan fingerprint density at radius 3 is 2.82 bits per heavy atom. The maximum atomic E-state index is 13.2. The van der Waals surface area contributed by atoms with Gasteiger partial charge in [-0.1, -0.05) is 12.1 Å². The second kappa shape index (κ2) is 7.30. The first-order valence-electron chi connectivity index (χ1n) is 9.24. The molecule has 4 rings (SSSR count). The lowest BCUT2D eigenvalue weighted by atomic mass is 10.0. The Labute approximate surface area is 161 Å². The van der Waals surface area contributed by atoms with E-state index in [4.69, 9.17) is 4.74 Å². The largest absolute Gasteiger partial charge is 0.494 e. The smallest absolute Gasteiger partial charge is 0.275 e. The van der Waals surface area contributed by atoms with E-state index in [0.717, 1.165) is 24.2 Å². The molecule has 2 aromatic carbocycles. The van der Waals surface area contributed by atoms with Gasteiger partial charge < -0.3 is 9.64 Å². The number of likely N-dealkylation sites (tertiary alicyclic amines) is 1. The van der Waals surface area contributed by atoms with Crippen LogP contribution < -0.4 is 4.74 Å². The summed E-state index contributed by atoms with van der Waals surface area (Å²) in [4.78, 5) is 25.6. The van der Waals surface area contributed by atoms with Crippen LogP contribution in [0.2, 0.25) is 0 Å². The summed E-state index contributed by atoms with van der Waals surface area (Å²) < 4.78 is 5.49. The number of nitro groups is 1. The van der Waals surface area contributed by atoms with Crippen molar-refractivity contribution in [1.29, 1.82) is 0 Å². The Bertz CT molecular complexity index is 1030. The standard InChI is InChI=1S/C20H20N4O4/c1-2-28-15-8-5-13(6-9-15)18-4-3-11-23(18)20(25)19-16-12-14(24(26)27)7-10-17(16)21-22-19/h5-10,12,18H,2-4,11H2,1H3,(H,21,22). The Kier molecular flexibility index (Phi) is 4.68. The van der Waals surface area contributed by atoms with Crippen molar-refractivity contribution in [2.75, 3.05) is 13.2 Å². The molecular weight excluding hydrogens is 360 g/mol. The normalized spacial score (nSPS) is 16.5. The zero-order valence-corrected chi connectivity index (χ0v) is 15.4. The fourth-order valence-corrected chi connectivity index (χ4v) is 3.72. The van der Waals surface area contributed by atoms with E-state index in [1.165, 1.54) is 12.1 Å². The van der Waals surface area contributed by atoms with Crippen molar-refractivity contribution >= 4 is 22.5 Å². The molecule has 0 saturated carbocycles. The van der Waals surface area contributed by atoms with E-state index < -0.39 is 4.92 Å². The molecule has 1 N–H and O–H groups in total. The number of ether oxygens (including phenoxy) is 1. The first-order valence-corrected chi connectivity index (χ1v) is 9.24. The highest BCUT2D eigenvalue weighted by atomic mass is 16.6. The summed E-state index contributed by atoms with van der Waals surface area (Å²) >= 11 is 0. The van der Waals surface area contributed by atoms with E-state index >= 15 is 0 Å². The number of carbonyl (C=O) groups excluding carboxylic acids is 1. The number of non-ortho nitro benzene ring substituents is 1. The van der Waals surface area contributed by atoms with Crippen LogP contribution in [0.5, 0.6) is 5.75 Å². The van der Waals surface area contributed by atoms with E-state index in [9.17, 15) is 14.9 Å². The first-order chi connectivity index (χ1) is 13.6. The van der Waals surface area contributed by atoms with Gasteiger partial charge in [0.1, 0.15) is 5.75 Å². The summed E-state index contributed by atoms with van der Waals surface area (Å²) in [5.74, 6) is 0.580. The van der Waals surface area contributed by atoms with Crippen molar-refractivity contribution in [2.24, 2.45) is 0 Å². The van der Waals surface area contributed by atoms with Crippen LogP contribution in [-0.4, -0.2) is 39.1 Å². The molecule has 1 aliphatic rings. The van der Waals surface area contributed by atoms with Crippen LogP contribution in [0.25, 0.3) is 10.9 Å². The number of nitro benzene ring substituents is 1. The van der Waals surface area contributed by atoms with Gasteiger partial charge in [-0.2, -0.15) is 5.10 Å². The summed E-state index contributed by atoms with van der Waals surface area (Å²) in [5.41, 5.74) is 1.80. The van der Waals surface area contributed by atoms with E-state index in [2.05, 4.69) is 10.2 Å². The van der Waals surface area contributed by atoms with Crippen molar-refractivity contribution in [3.63, 3.8) is 0 Å². The molecule has 8 nitrogen and oxygen atoms in total. The van der Waals surface area contributed by atoms with E-state index in [1.54, 1.807) is 11.0 Å². The van der Waals surface area contributed by atoms with Crippen molar-refractivity contribution in [2.45, 2.75) is 25.8 Å². The van der Waals surface area contributed by atoms with Gasteiger partial charge in [-0.25, -0.2) is 0 Å². The molecule has 0 bridgehead atoms. The van der Waals surface area contributed by atoms with Gasteiger partial charge in [-0.05, 0) is 43.5 Å². The molecule has 1 atom stereocenters. The summed E-state index contributed by atoms with van der Waals surface area (Å²) in [6, 6.07) is 12.1. The number of benzene rings is 2. The summed E-state index contributed by atoms with van der Waals surface area (Å²) in [6.45, 7) is 3.16. The molecule has 1 aliphatic heterocycles. The Hall–Kier alpha value is -3.42. The van der Waals surface area contributed by atoms with Crippen LogP contribution in [0.15, 0.2) is 42.5 Å². The fraction of sp³-hybridized carbons (Fsp3) is 0.300. The topological polar surface area (TPSA) is 101 Å². The quantitative estimate of drug-likeness (QED) is 0.535. The number of rotatable bonds is 5. The molecule has 0 aliphatic carbocycles. The second-order valence-corrected chi connectivity index (χ2v) is 6.72. The predicted octanol–water partition coefficient (Wildman–Crippen LogP) is 3.85. The SMILES string of the molecule is CCOc1ccc(C2CCCN2C(=O)c2n[nH]c3ccc([N+](=O)[O-])cc23)cc1. The average Bonchev–Trinajstić information content (AvgIpc) is 3.35. The lowest BCUT2D eigenvalue weighted by Crippen LogP contribution is -2.31. The third-order valence-electron chi connectivity index (χ3n) is 5.05. The Morgan fingerprint density at radius 1 is 1.32 bits per heavy atom. The number of carbonyl (C=O) groups is 1. The molecule has 1 unspecified atom stereocenters. The highest BCUT2D eigenvalue weighted by Gasteiger charge is 2.32. The lowest BCUT2D eigenvalue weighted by molar-refractivity contribution is -0.384. The summed E-state index contributed by atoms with van der Waals surface area (Å²) in [6.07, 6.45) is 1.76. The van der Waals surface area contributed by atoms with E-state index in [0.29, 0.717) is 24.1 Å². The van der Waals surface area contributed by atoms with Gasteiger partial charge in [0.05, 0.1) is 23.1 Å². The molecule has 0 spiro atoms. The number of aromatic amines is 1. The molecule has 1 amide bonds. The number of nitrogens with one attached hydrogen (secondary N) is 1. The molecule has 1 fully saturated rings. The minimum Gasteiger partial charge on any atom is -0.494 e. The fourth-order valence-electron chi connectivity index (χ4n) is 3.72. The number of hydrogen-bond donors (Lipinski definition) is 1. The van der Waals surface area contributed by atoms with Gasteiger partial charge in [0, 0.05) is 24.1 Å². The van der Waals surface area contributed by atoms with Crippen molar-refractivity contribution in [3.8, 4) is 5.75 Å². The number of H-pyrrole nitrogens is 1. The van der Waals surface area contributed by atoms with Crippen LogP contribution in [0.3, 0.4) is 0 Å². The number of hydrogen-bond acceptors (Lipinski definition) is 5. The number of aromatic nitrogens is 2. The molecule has 0 radical (unpaired) electrons. The molecule has 144 valence electrons. The zero-order chi connectivity index (χ0) is 19.7. The van der Waals surface area contributed by atoms with Gasteiger partial charge in [0.25, 0.3) is 11.6 Å². The van der Waals surface area contributed by atoms with Gasteiger partial charge in [-0.15, -0.1) is 0 Å².